The lowest BCUT2D eigenvalue weighted by molar-refractivity contribution is -0.00000583. The van der Waals surface area contributed by atoms with Gasteiger partial charge in [0.05, 0.1) is 31.6 Å². The first-order chi connectivity index (χ1) is 14.7. The summed E-state index contributed by atoms with van der Waals surface area (Å²) in [7, 11) is -1.38. The Morgan fingerprint density at radius 3 is 1.48 bits per heavy atom. The first-order valence-electron chi connectivity index (χ1n) is 10.6. The van der Waals surface area contributed by atoms with E-state index in [1.807, 2.05) is 0 Å². The van der Waals surface area contributed by atoms with Gasteiger partial charge in [-0.2, -0.15) is 0 Å². The molecule has 5 aromatic carbocycles. The molecule has 0 saturated carbocycles. The van der Waals surface area contributed by atoms with E-state index in [1.165, 1.54) is 49.1 Å². The van der Waals surface area contributed by atoms with Crippen LogP contribution in [0.25, 0.3) is 32.7 Å². The number of hydrogen-bond acceptors (Lipinski definition) is 0. The highest BCUT2D eigenvalue weighted by molar-refractivity contribution is 7.80. The van der Waals surface area contributed by atoms with Gasteiger partial charge in [-0.25, -0.2) is 0 Å². The molecule has 0 radical (unpaired) electrons. The summed E-state index contributed by atoms with van der Waals surface area (Å²) in [5.74, 6) is 0. The molecule has 0 bridgehead atoms. The second kappa shape index (κ2) is 7.90. The Bertz CT molecular complexity index is 1320. The van der Waals surface area contributed by atoms with E-state index in [0.29, 0.717) is 0 Å². The summed E-state index contributed by atoms with van der Waals surface area (Å²) in [4.78, 5) is 0. The highest BCUT2D eigenvalue weighted by Gasteiger charge is 2.39. The van der Waals surface area contributed by atoms with Crippen molar-refractivity contribution in [2.45, 2.75) is 12.3 Å². The van der Waals surface area contributed by atoms with E-state index in [2.05, 4.69) is 110 Å². The summed E-state index contributed by atoms with van der Waals surface area (Å²) in [6.45, 7) is 2.55. The monoisotopic (exact) mass is 482 g/mol. The fourth-order valence-electron chi connectivity index (χ4n) is 5.27. The Labute approximate surface area is 195 Å². The van der Waals surface area contributed by atoms with Crippen molar-refractivity contribution in [2.24, 2.45) is 0 Å². The topological polar surface area (TPSA) is 0 Å². The van der Waals surface area contributed by atoms with E-state index in [-0.39, 0.29) is 17.0 Å². The van der Waals surface area contributed by atoms with Crippen molar-refractivity contribution in [1.82, 2.24) is 0 Å². The smallest absolute Gasteiger partial charge is 0.0943 e. The van der Waals surface area contributed by atoms with Gasteiger partial charge in [-0.15, -0.1) is 0 Å². The summed E-state index contributed by atoms with van der Waals surface area (Å²) >= 11 is 0. The van der Waals surface area contributed by atoms with Gasteiger partial charge in [-0.05, 0) is 55.9 Å². The lowest BCUT2D eigenvalue weighted by atomic mass is 9.88. The SMILES string of the molecule is C[P+]1(c2ccccc2)Cc2ccc3ccccc3c2-c2c(ccc3ccccc23)C1.[Br-]. The molecule has 0 N–H and O–H groups in total. The summed E-state index contributed by atoms with van der Waals surface area (Å²) < 4.78 is 0. The fourth-order valence-corrected chi connectivity index (χ4v) is 8.67. The predicted octanol–water partition coefficient (Wildman–Crippen LogP) is 4.65. The zero-order valence-electron chi connectivity index (χ0n) is 17.6. The summed E-state index contributed by atoms with van der Waals surface area (Å²) in [5, 5.41) is 6.96. The van der Waals surface area contributed by atoms with Gasteiger partial charge < -0.3 is 17.0 Å². The van der Waals surface area contributed by atoms with Gasteiger partial charge in [-0.1, -0.05) is 91.0 Å². The van der Waals surface area contributed by atoms with Crippen LogP contribution in [0.4, 0.5) is 0 Å². The minimum Gasteiger partial charge on any atom is -1.00 e. The molecule has 5 aromatic rings. The van der Waals surface area contributed by atoms with Crippen LogP contribution in [-0.2, 0) is 12.3 Å². The van der Waals surface area contributed by atoms with Crippen LogP contribution in [0.3, 0.4) is 0 Å². The molecule has 0 saturated heterocycles. The van der Waals surface area contributed by atoms with Crippen molar-refractivity contribution in [3.8, 4) is 11.1 Å². The largest absolute Gasteiger partial charge is 1.00 e. The normalized spacial score (nSPS) is 14.4. The maximum Gasteiger partial charge on any atom is 0.0943 e. The third kappa shape index (κ3) is 3.32. The molecule has 1 aliphatic rings. The first kappa shape index (κ1) is 20.4. The predicted molar refractivity (Wildman–Crippen MR) is 133 cm³/mol. The minimum absolute atomic E-state index is 0. The molecule has 0 nitrogen and oxygen atoms in total. The standard InChI is InChI=1S/C29H24P.BrH/c1-30(25-11-3-2-4-12-25)19-23-17-15-21-9-5-7-13-26(21)28(23)29-24(20-30)18-16-22-10-6-8-14-27(22)29;/h2-18H,19-20H2,1H3;1H/q+1;/p-1. The molecule has 0 aromatic heterocycles. The van der Waals surface area contributed by atoms with E-state index in [9.17, 15) is 0 Å². The quantitative estimate of drug-likeness (QED) is 0.305. The molecule has 1 heterocycles. The van der Waals surface area contributed by atoms with Crippen LogP contribution in [0.15, 0.2) is 103 Å². The van der Waals surface area contributed by atoms with Crippen LogP contribution >= 0.6 is 7.26 Å². The number of rotatable bonds is 1. The van der Waals surface area contributed by atoms with Crippen LogP contribution in [0.5, 0.6) is 0 Å². The Balaban J connectivity index is 0.00000204. The Morgan fingerprint density at radius 2 is 0.968 bits per heavy atom. The second-order valence-corrected chi connectivity index (χ2v) is 12.6. The Morgan fingerprint density at radius 1 is 0.516 bits per heavy atom. The van der Waals surface area contributed by atoms with Crippen molar-refractivity contribution in [1.29, 1.82) is 0 Å². The molecular weight excluding hydrogens is 459 g/mol. The third-order valence-electron chi connectivity index (χ3n) is 6.70. The number of hydrogen-bond donors (Lipinski definition) is 0. The molecule has 1 aliphatic heterocycles. The molecular formula is C29H24BrP. The van der Waals surface area contributed by atoms with Crippen LogP contribution in [-0.4, -0.2) is 6.66 Å². The third-order valence-corrected chi connectivity index (χ3v) is 10.3. The van der Waals surface area contributed by atoms with Crippen molar-refractivity contribution in [3.05, 3.63) is 114 Å². The second-order valence-electron chi connectivity index (χ2n) is 8.69. The van der Waals surface area contributed by atoms with Crippen LogP contribution < -0.4 is 22.3 Å². The minimum atomic E-state index is -1.38. The van der Waals surface area contributed by atoms with Crippen LogP contribution in [0, 0.1) is 0 Å². The van der Waals surface area contributed by atoms with Crippen molar-refractivity contribution in [3.63, 3.8) is 0 Å². The van der Waals surface area contributed by atoms with Gasteiger partial charge >= 0.3 is 0 Å². The van der Waals surface area contributed by atoms with Gasteiger partial charge in [0.15, 0.2) is 0 Å². The van der Waals surface area contributed by atoms with Gasteiger partial charge in [0.25, 0.3) is 0 Å². The maximum atomic E-state index is 2.55. The maximum absolute atomic E-state index is 2.55. The molecule has 0 fully saturated rings. The Kier molecular flexibility index (Phi) is 5.21. The first-order valence-corrected chi connectivity index (χ1v) is 13.3. The van der Waals surface area contributed by atoms with E-state index < -0.39 is 7.26 Å². The lowest BCUT2D eigenvalue weighted by Crippen LogP contribution is -3.00. The molecule has 0 unspecified atom stereocenters. The number of fused-ring (bicyclic) bond motifs is 7. The van der Waals surface area contributed by atoms with Crippen LogP contribution in [0.2, 0.25) is 0 Å². The fraction of sp³-hybridized carbons (Fsp3) is 0.103. The van der Waals surface area contributed by atoms with Gasteiger partial charge in [0, 0.05) is 0 Å². The number of halogens is 1. The molecule has 0 atom stereocenters. The van der Waals surface area contributed by atoms with Gasteiger partial charge in [0.1, 0.15) is 0 Å². The zero-order chi connectivity index (χ0) is 20.1. The highest BCUT2D eigenvalue weighted by Crippen LogP contribution is 2.63. The van der Waals surface area contributed by atoms with Crippen molar-refractivity contribution in [2.75, 3.05) is 6.66 Å². The van der Waals surface area contributed by atoms with Gasteiger partial charge in [0.2, 0.25) is 0 Å². The van der Waals surface area contributed by atoms with Crippen LogP contribution in [0.1, 0.15) is 11.1 Å². The average molecular weight is 483 g/mol. The van der Waals surface area contributed by atoms with Gasteiger partial charge in [-0.3, -0.25) is 0 Å². The molecule has 2 heteroatoms. The summed E-state index contributed by atoms with van der Waals surface area (Å²) in [6.07, 6.45) is 2.31. The van der Waals surface area contributed by atoms with E-state index in [4.69, 9.17) is 0 Å². The number of benzene rings is 5. The summed E-state index contributed by atoms with van der Waals surface area (Å²) in [5.41, 5.74) is 5.92. The molecule has 0 aliphatic carbocycles. The molecule has 152 valence electrons. The molecule has 31 heavy (non-hydrogen) atoms. The molecule has 0 spiro atoms. The molecule has 6 rings (SSSR count). The van der Waals surface area contributed by atoms with E-state index in [1.54, 1.807) is 0 Å². The van der Waals surface area contributed by atoms with E-state index >= 15 is 0 Å². The average Bonchev–Trinajstić information content (AvgIpc) is 2.94. The highest BCUT2D eigenvalue weighted by atomic mass is 79.9. The lowest BCUT2D eigenvalue weighted by Gasteiger charge is -2.22. The Hall–Kier alpha value is -2.47. The van der Waals surface area contributed by atoms with E-state index in [0.717, 1.165) is 12.3 Å². The zero-order valence-corrected chi connectivity index (χ0v) is 20.0. The summed E-state index contributed by atoms with van der Waals surface area (Å²) in [6, 6.07) is 38.4. The van der Waals surface area contributed by atoms with Crippen molar-refractivity contribution < 1.29 is 17.0 Å². The molecule has 0 amide bonds. The van der Waals surface area contributed by atoms with Crippen molar-refractivity contribution >= 4 is 34.1 Å².